The van der Waals surface area contributed by atoms with Crippen LogP contribution in [-0.4, -0.2) is 23.6 Å². The summed E-state index contributed by atoms with van der Waals surface area (Å²) in [7, 11) is 2.01. The molecule has 0 saturated carbocycles. The van der Waals surface area contributed by atoms with Gasteiger partial charge in [-0.3, -0.25) is 0 Å². The molecule has 0 radical (unpaired) electrons. The van der Waals surface area contributed by atoms with Crippen LogP contribution < -0.4 is 5.32 Å². The van der Waals surface area contributed by atoms with Crippen LogP contribution in [0.4, 0.5) is 0 Å². The Bertz CT molecular complexity index is 516. The van der Waals surface area contributed by atoms with Crippen LogP contribution in [0, 0.1) is 5.92 Å². The zero-order valence-electron chi connectivity index (χ0n) is 12.3. The van der Waals surface area contributed by atoms with Crippen molar-refractivity contribution in [1.82, 2.24) is 15.3 Å². The molecule has 19 heavy (non-hydrogen) atoms. The maximum absolute atomic E-state index is 4.70. The quantitative estimate of drug-likeness (QED) is 0.801. The minimum atomic E-state index is 0.742. The molecule has 1 atom stereocenters. The van der Waals surface area contributed by atoms with Crippen molar-refractivity contribution in [2.45, 2.75) is 39.5 Å². The van der Waals surface area contributed by atoms with E-state index >= 15 is 0 Å². The highest BCUT2D eigenvalue weighted by molar-refractivity contribution is 5.75. The molecule has 104 valence electrons. The van der Waals surface area contributed by atoms with Crippen molar-refractivity contribution in [2.24, 2.45) is 5.92 Å². The number of H-pyrrole nitrogens is 1. The van der Waals surface area contributed by atoms with Crippen LogP contribution in [0.1, 0.15) is 38.1 Å². The van der Waals surface area contributed by atoms with E-state index in [0.29, 0.717) is 0 Å². The van der Waals surface area contributed by atoms with E-state index in [2.05, 4.69) is 42.3 Å². The van der Waals surface area contributed by atoms with Gasteiger partial charge in [0.25, 0.3) is 0 Å². The molecule has 0 fully saturated rings. The Labute approximate surface area is 115 Å². The summed E-state index contributed by atoms with van der Waals surface area (Å²) in [4.78, 5) is 8.13. The van der Waals surface area contributed by atoms with Crippen molar-refractivity contribution in [1.29, 1.82) is 0 Å². The summed E-state index contributed by atoms with van der Waals surface area (Å²) in [5.74, 6) is 1.87. The minimum Gasteiger partial charge on any atom is -0.342 e. The van der Waals surface area contributed by atoms with Crippen LogP contribution in [0.3, 0.4) is 0 Å². The van der Waals surface area contributed by atoms with Gasteiger partial charge in [0.05, 0.1) is 11.0 Å². The molecule has 1 unspecified atom stereocenters. The minimum absolute atomic E-state index is 0.742. The fourth-order valence-corrected chi connectivity index (χ4v) is 2.36. The molecule has 2 N–H and O–H groups in total. The van der Waals surface area contributed by atoms with Crippen molar-refractivity contribution in [2.75, 3.05) is 13.6 Å². The van der Waals surface area contributed by atoms with E-state index in [1.807, 2.05) is 7.05 Å². The van der Waals surface area contributed by atoms with Gasteiger partial charge in [-0.05, 0) is 56.5 Å². The number of aromatic nitrogens is 2. The SMILES string of the molecule is CCc1ccc2[nH]c(CCC(C)CCNC)nc2c1. The highest BCUT2D eigenvalue weighted by Gasteiger charge is 2.06. The van der Waals surface area contributed by atoms with Crippen LogP contribution >= 0.6 is 0 Å². The number of hydrogen-bond donors (Lipinski definition) is 2. The predicted octanol–water partition coefficient (Wildman–Crippen LogP) is 3.30. The predicted molar refractivity (Wildman–Crippen MR) is 81.5 cm³/mol. The van der Waals surface area contributed by atoms with E-state index in [0.717, 1.165) is 42.2 Å². The van der Waals surface area contributed by atoms with Crippen molar-refractivity contribution < 1.29 is 0 Å². The fraction of sp³-hybridized carbons (Fsp3) is 0.562. The molecule has 0 aliphatic heterocycles. The number of aryl methyl sites for hydroxylation is 2. The molecule has 0 aliphatic rings. The molecule has 1 aromatic carbocycles. The van der Waals surface area contributed by atoms with Crippen molar-refractivity contribution in [3.8, 4) is 0 Å². The van der Waals surface area contributed by atoms with E-state index in [9.17, 15) is 0 Å². The third-order valence-corrected chi connectivity index (χ3v) is 3.77. The normalized spacial score (nSPS) is 13.0. The van der Waals surface area contributed by atoms with Crippen LogP contribution in [-0.2, 0) is 12.8 Å². The Morgan fingerprint density at radius 1 is 1.32 bits per heavy atom. The molecule has 0 bridgehead atoms. The first-order valence-electron chi connectivity index (χ1n) is 7.35. The lowest BCUT2D eigenvalue weighted by molar-refractivity contribution is 0.478. The number of nitrogens with zero attached hydrogens (tertiary/aromatic N) is 1. The molecule has 3 nitrogen and oxygen atoms in total. The molecule has 1 heterocycles. The third kappa shape index (κ3) is 3.80. The van der Waals surface area contributed by atoms with Crippen molar-refractivity contribution in [3.05, 3.63) is 29.6 Å². The largest absolute Gasteiger partial charge is 0.342 e. The lowest BCUT2D eigenvalue weighted by atomic mass is 10.0. The average Bonchev–Trinajstić information content (AvgIpc) is 2.84. The maximum Gasteiger partial charge on any atom is 0.107 e. The van der Waals surface area contributed by atoms with E-state index in [1.165, 1.54) is 18.4 Å². The second-order valence-corrected chi connectivity index (χ2v) is 5.42. The third-order valence-electron chi connectivity index (χ3n) is 3.77. The monoisotopic (exact) mass is 259 g/mol. The first-order valence-corrected chi connectivity index (χ1v) is 7.35. The standard InChI is InChI=1S/C16H25N3/c1-4-13-6-7-14-15(11-13)19-16(18-14)8-5-12(2)9-10-17-3/h6-7,11-12,17H,4-5,8-10H2,1-3H3,(H,18,19). The Kier molecular flexibility index (Phi) is 4.97. The van der Waals surface area contributed by atoms with Gasteiger partial charge < -0.3 is 10.3 Å². The number of rotatable bonds is 7. The number of hydrogen-bond acceptors (Lipinski definition) is 2. The Hall–Kier alpha value is -1.35. The van der Waals surface area contributed by atoms with Gasteiger partial charge >= 0.3 is 0 Å². The molecular weight excluding hydrogens is 234 g/mol. The first kappa shape index (κ1) is 14.1. The van der Waals surface area contributed by atoms with Gasteiger partial charge in [0.1, 0.15) is 5.82 Å². The summed E-state index contributed by atoms with van der Waals surface area (Å²) in [6.07, 6.45) is 4.54. The van der Waals surface area contributed by atoms with Crippen molar-refractivity contribution in [3.63, 3.8) is 0 Å². The van der Waals surface area contributed by atoms with E-state index < -0.39 is 0 Å². The summed E-state index contributed by atoms with van der Waals surface area (Å²) < 4.78 is 0. The molecule has 0 saturated heterocycles. The molecule has 0 aliphatic carbocycles. The number of imidazole rings is 1. The highest BCUT2D eigenvalue weighted by Crippen LogP contribution is 2.17. The average molecular weight is 259 g/mol. The van der Waals surface area contributed by atoms with Crippen LogP contribution in [0.5, 0.6) is 0 Å². The van der Waals surface area contributed by atoms with E-state index in [4.69, 9.17) is 4.98 Å². The lowest BCUT2D eigenvalue weighted by Crippen LogP contribution is -2.12. The molecular formula is C16H25N3. The fourth-order valence-electron chi connectivity index (χ4n) is 2.36. The smallest absolute Gasteiger partial charge is 0.107 e. The van der Waals surface area contributed by atoms with Gasteiger partial charge in [0, 0.05) is 6.42 Å². The number of nitrogens with one attached hydrogen (secondary N) is 2. The summed E-state index contributed by atoms with van der Waals surface area (Å²) in [5.41, 5.74) is 3.63. The summed E-state index contributed by atoms with van der Waals surface area (Å²) >= 11 is 0. The summed E-state index contributed by atoms with van der Waals surface area (Å²) in [6.45, 7) is 5.59. The Morgan fingerprint density at radius 2 is 2.16 bits per heavy atom. The van der Waals surface area contributed by atoms with Crippen LogP contribution in [0.2, 0.25) is 0 Å². The number of aromatic amines is 1. The highest BCUT2D eigenvalue weighted by atomic mass is 14.9. The number of benzene rings is 1. The van der Waals surface area contributed by atoms with Gasteiger partial charge in [-0.1, -0.05) is 19.9 Å². The molecule has 2 aromatic rings. The Balaban J connectivity index is 1.97. The van der Waals surface area contributed by atoms with Gasteiger partial charge in [-0.25, -0.2) is 4.98 Å². The maximum atomic E-state index is 4.70. The molecule has 2 rings (SSSR count). The molecule has 1 aromatic heterocycles. The van der Waals surface area contributed by atoms with Crippen molar-refractivity contribution >= 4 is 11.0 Å². The lowest BCUT2D eigenvalue weighted by Gasteiger charge is -2.09. The van der Waals surface area contributed by atoms with Crippen LogP contribution in [0.25, 0.3) is 11.0 Å². The molecule has 3 heteroatoms. The first-order chi connectivity index (χ1) is 9.22. The van der Waals surface area contributed by atoms with Gasteiger partial charge in [0.2, 0.25) is 0 Å². The second-order valence-electron chi connectivity index (χ2n) is 5.42. The zero-order valence-corrected chi connectivity index (χ0v) is 12.3. The number of fused-ring (bicyclic) bond motifs is 1. The summed E-state index contributed by atoms with van der Waals surface area (Å²) in [5, 5.41) is 3.21. The summed E-state index contributed by atoms with van der Waals surface area (Å²) in [6, 6.07) is 6.52. The van der Waals surface area contributed by atoms with Gasteiger partial charge in [-0.2, -0.15) is 0 Å². The van der Waals surface area contributed by atoms with Crippen LogP contribution in [0.15, 0.2) is 18.2 Å². The van der Waals surface area contributed by atoms with Gasteiger partial charge in [-0.15, -0.1) is 0 Å². The topological polar surface area (TPSA) is 40.7 Å². The van der Waals surface area contributed by atoms with E-state index in [-0.39, 0.29) is 0 Å². The molecule has 0 amide bonds. The van der Waals surface area contributed by atoms with Gasteiger partial charge in [0.15, 0.2) is 0 Å². The molecule has 0 spiro atoms. The Morgan fingerprint density at radius 3 is 2.89 bits per heavy atom. The second kappa shape index (κ2) is 6.71. The van der Waals surface area contributed by atoms with E-state index in [1.54, 1.807) is 0 Å². The zero-order chi connectivity index (χ0) is 13.7.